The standard InChI is InChI=1S/C21H26N4O7S/c1-14-23-20(11-24(14)2)33(28,29)25-7-5-16(6-8-25)21(27)30-12-19(26)22-10-15-3-4-17-18(9-15)32-13-31-17/h3-4,9,11,16H,5-8,10,12-13H2,1-2H3,(H,22,26). The molecule has 2 aliphatic heterocycles. The van der Waals surface area contributed by atoms with E-state index in [9.17, 15) is 18.0 Å². The molecule has 1 aromatic carbocycles. The zero-order chi connectivity index (χ0) is 23.6. The lowest BCUT2D eigenvalue weighted by Gasteiger charge is -2.29. The molecule has 1 amide bonds. The molecule has 3 heterocycles. The summed E-state index contributed by atoms with van der Waals surface area (Å²) in [7, 11) is -1.98. The number of nitrogens with one attached hydrogen (secondary N) is 1. The van der Waals surface area contributed by atoms with Crippen molar-refractivity contribution in [1.82, 2.24) is 19.2 Å². The molecule has 1 fully saturated rings. The molecule has 4 rings (SSSR count). The molecule has 2 aromatic rings. The highest BCUT2D eigenvalue weighted by atomic mass is 32.2. The Kier molecular flexibility index (Phi) is 6.56. The first-order valence-electron chi connectivity index (χ1n) is 10.6. The lowest BCUT2D eigenvalue weighted by atomic mass is 9.98. The molecule has 2 aliphatic rings. The van der Waals surface area contributed by atoms with Crippen LogP contribution >= 0.6 is 0 Å². The fourth-order valence-corrected chi connectivity index (χ4v) is 5.17. The molecule has 11 nitrogen and oxygen atoms in total. The number of benzene rings is 1. The molecular weight excluding hydrogens is 452 g/mol. The number of aromatic nitrogens is 2. The maximum absolute atomic E-state index is 12.8. The summed E-state index contributed by atoms with van der Waals surface area (Å²) in [5.74, 6) is 0.505. The van der Waals surface area contributed by atoms with Gasteiger partial charge in [-0.1, -0.05) is 6.07 Å². The van der Waals surface area contributed by atoms with E-state index in [0.717, 1.165) is 5.56 Å². The van der Waals surface area contributed by atoms with Crippen molar-refractivity contribution >= 4 is 21.9 Å². The molecule has 1 aromatic heterocycles. The Morgan fingerprint density at radius 2 is 1.94 bits per heavy atom. The SMILES string of the molecule is Cc1nc(S(=O)(=O)N2CCC(C(=O)OCC(=O)NCc3ccc4c(c3)OCO4)CC2)cn1C. The largest absolute Gasteiger partial charge is 0.455 e. The van der Waals surface area contributed by atoms with E-state index in [1.807, 2.05) is 6.07 Å². The summed E-state index contributed by atoms with van der Waals surface area (Å²) in [6.07, 6.45) is 2.12. The molecule has 1 saturated heterocycles. The summed E-state index contributed by atoms with van der Waals surface area (Å²) >= 11 is 0. The quantitative estimate of drug-likeness (QED) is 0.577. The van der Waals surface area contributed by atoms with Gasteiger partial charge in [-0.2, -0.15) is 4.31 Å². The molecule has 0 unspecified atom stereocenters. The van der Waals surface area contributed by atoms with Crippen LogP contribution in [0.2, 0.25) is 0 Å². The number of ether oxygens (including phenoxy) is 3. The second-order valence-corrected chi connectivity index (χ2v) is 9.87. The number of sulfonamides is 1. The van der Waals surface area contributed by atoms with Crippen LogP contribution < -0.4 is 14.8 Å². The number of carbonyl (C=O) groups excluding carboxylic acids is 2. The number of aryl methyl sites for hydroxylation is 2. The van der Waals surface area contributed by atoms with E-state index in [4.69, 9.17) is 14.2 Å². The van der Waals surface area contributed by atoms with E-state index < -0.39 is 34.4 Å². The Labute approximate surface area is 191 Å². The average molecular weight is 479 g/mol. The number of hydrogen-bond donors (Lipinski definition) is 1. The number of nitrogens with zero attached hydrogens (tertiary/aromatic N) is 3. The minimum Gasteiger partial charge on any atom is -0.455 e. The molecule has 0 radical (unpaired) electrons. The fourth-order valence-electron chi connectivity index (χ4n) is 3.67. The molecule has 0 bridgehead atoms. The number of esters is 1. The number of amides is 1. The van der Waals surface area contributed by atoms with Gasteiger partial charge >= 0.3 is 5.97 Å². The van der Waals surface area contributed by atoms with Crippen molar-refractivity contribution in [3.8, 4) is 11.5 Å². The summed E-state index contributed by atoms with van der Waals surface area (Å²) in [5.41, 5.74) is 0.829. The third kappa shape index (κ3) is 5.11. The molecule has 0 aliphatic carbocycles. The van der Waals surface area contributed by atoms with Crippen LogP contribution in [0.5, 0.6) is 11.5 Å². The molecule has 1 N–H and O–H groups in total. The normalized spacial score (nSPS) is 16.5. The number of fused-ring (bicyclic) bond motifs is 1. The van der Waals surface area contributed by atoms with Gasteiger partial charge in [-0.25, -0.2) is 13.4 Å². The number of carbonyl (C=O) groups is 2. The molecule has 178 valence electrons. The van der Waals surface area contributed by atoms with Crippen LogP contribution in [0.3, 0.4) is 0 Å². The highest BCUT2D eigenvalue weighted by Crippen LogP contribution is 2.32. The Morgan fingerprint density at radius 3 is 2.64 bits per heavy atom. The van der Waals surface area contributed by atoms with Gasteiger partial charge in [0, 0.05) is 32.9 Å². The van der Waals surface area contributed by atoms with Gasteiger partial charge in [-0.15, -0.1) is 0 Å². The summed E-state index contributed by atoms with van der Waals surface area (Å²) in [5, 5.41) is 2.69. The van der Waals surface area contributed by atoms with Crippen molar-refractivity contribution in [2.24, 2.45) is 13.0 Å². The van der Waals surface area contributed by atoms with Gasteiger partial charge in [0.05, 0.1) is 5.92 Å². The summed E-state index contributed by atoms with van der Waals surface area (Å²) in [6, 6.07) is 5.36. The van der Waals surface area contributed by atoms with Crippen LogP contribution in [0.25, 0.3) is 0 Å². The molecular formula is C21H26N4O7S. The van der Waals surface area contributed by atoms with Gasteiger partial charge in [0.25, 0.3) is 15.9 Å². The van der Waals surface area contributed by atoms with Crippen LogP contribution in [-0.2, 0) is 37.9 Å². The highest BCUT2D eigenvalue weighted by Gasteiger charge is 2.34. The van der Waals surface area contributed by atoms with Crippen LogP contribution in [0, 0.1) is 12.8 Å². The average Bonchev–Trinajstić information content (AvgIpc) is 3.42. The van der Waals surface area contributed by atoms with E-state index in [-0.39, 0.29) is 31.5 Å². The molecule has 0 spiro atoms. The predicted octanol–water partition coefficient (Wildman–Crippen LogP) is 0.718. The van der Waals surface area contributed by atoms with Crippen LogP contribution in [-0.4, -0.2) is 60.6 Å². The van der Waals surface area contributed by atoms with E-state index in [0.29, 0.717) is 30.2 Å². The Morgan fingerprint density at radius 1 is 1.21 bits per heavy atom. The second-order valence-electron chi connectivity index (χ2n) is 7.99. The minimum atomic E-state index is -3.71. The monoisotopic (exact) mass is 478 g/mol. The van der Waals surface area contributed by atoms with Gasteiger partial charge in [0.1, 0.15) is 5.82 Å². The van der Waals surface area contributed by atoms with E-state index >= 15 is 0 Å². The molecule has 0 saturated carbocycles. The second kappa shape index (κ2) is 9.40. The molecule has 33 heavy (non-hydrogen) atoms. The first-order chi connectivity index (χ1) is 15.7. The van der Waals surface area contributed by atoms with Crippen molar-refractivity contribution < 1.29 is 32.2 Å². The zero-order valence-electron chi connectivity index (χ0n) is 18.4. The first kappa shape index (κ1) is 23.1. The summed E-state index contributed by atoms with van der Waals surface area (Å²) in [4.78, 5) is 28.5. The van der Waals surface area contributed by atoms with Crippen LogP contribution in [0.1, 0.15) is 24.2 Å². The third-order valence-electron chi connectivity index (χ3n) is 5.75. The van der Waals surface area contributed by atoms with Gasteiger partial charge in [-0.3, -0.25) is 9.59 Å². The van der Waals surface area contributed by atoms with Gasteiger partial charge in [0.2, 0.25) is 6.79 Å². The number of hydrogen-bond acceptors (Lipinski definition) is 8. The third-order valence-corrected chi connectivity index (χ3v) is 7.52. The summed E-state index contributed by atoms with van der Waals surface area (Å²) in [6.45, 7) is 2.15. The maximum atomic E-state index is 12.8. The van der Waals surface area contributed by atoms with E-state index in [1.54, 1.807) is 30.7 Å². The highest BCUT2D eigenvalue weighted by molar-refractivity contribution is 7.89. The van der Waals surface area contributed by atoms with E-state index in [2.05, 4.69) is 10.3 Å². The van der Waals surface area contributed by atoms with E-state index in [1.165, 1.54) is 10.5 Å². The van der Waals surface area contributed by atoms with Gasteiger partial charge in [-0.05, 0) is 37.5 Å². The number of imidazole rings is 1. The zero-order valence-corrected chi connectivity index (χ0v) is 19.3. The fraction of sp³-hybridized carbons (Fsp3) is 0.476. The van der Waals surface area contributed by atoms with Crippen molar-refractivity contribution in [1.29, 1.82) is 0 Å². The van der Waals surface area contributed by atoms with Crippen molar-refractivity contribution in [3.05, 3.63) is 35.8 Å². The number of rotatable bonds is 7. The Balaban J connectivity index is 1.21. The van der Waals surface area contributed by atoms with Crippen LogP contribution in [0.4, 0.5) is 0 Å². The summed E-state index contributed by atoms with van der Waals surface area (Å²) < 4.78 is 44.2. The topological polar surface area (TPSA) is 129 Å². The number of piperidine rings is 1. The maximum Gasteiger partial charge on any atom is 0.309 e. The lowest BCUT2D eigenvalue weighted by molar-refractivity contribution is -0.153. The molecule has 12 heteroatoms. The first-order valence-corrected chi connectivity index (χ1v) is 12.0. The minimum absolute atomic E-state index is 0.00246. The Bertz CT molecular complexity index is 1130. The van der Waals surface area contributed by atoms with Gasteiger partial charge < -0.3 is 24.1 Å². The Hall–Kier alpha value is -3.12. The lowest BCUT2D eigenvalue weighted by Crippen LogP contribution is -2.41. The van der Waals surface area contributed by atoms with Crippen LogP contribution in [0.15, 0.2) is 29.4 Å². The van der Waals surface area contributed by atoms with Gasteiger partial charge in [0.15, 0.2) is 23.1 Å². The van der Waals surface area contributed by atoms with Crippen molar-refractivity contribution in [2.45, 2.75) is 31.3 Å². The molecule has 0 atom stereocenters. The van der Waals surface area contributed by atoms with Crippen molar-refractivity contribution in [2.75, 3.05) is 26.5 Å². The van der Waals surface area contributed by atoms with Crippen molar-refractivity contribution in [3.63, 3.8) is 0 Å². The predicted molar refractivity (Wildman–Crippen MR) is 115 cm³/mol. The smallest absolute Gasteiger partial charge is 0.309 e.